The first kappa shape index (κ1) is 22.7. The van der Waals surface area contributed by atoms with E-state index in [2.05, 4.69) is 22.4 Å². The van der Waals surface area contributed by atoms with Crippen LogP contribution in [0.25, 0.3) is 6.08 Å². The van der Waals surface area contributed by atoms with Crippen molar-refractivity contribution in [1.29, 1.82) is 5.26 Å². The number of fused-ring (bicyclic) bond motifs is 1. The van der Waals surface area contributed by atoms with Gasteiger partial charge >= 0.3 is 6.18 Å². The molecular formula is C24H20F3N4OS+. The van der Waals surface area contributed by atoms with E-state index in [0.717, 1.165) is 48.8 Å². The van der Waals surface area contributed by atoms with Crippen molar-refractivity contribution in [3.63, 3.8) is 0 Å². The number of alkyl halides is 3. The van der Waals surface area contributed by atoms with Crippen molar-refractivity contribution in [3.8, 4) is 6.07 Å². The Bertz CT molecular complexity index is 1230. The van der Waals surface area contributed by atoms with Gasteiger partial charge in [0.05, 0.1) is 22.7 Å². The van der Waals surface area contributed by atoms with Crippen LogP contribution in [0.1, 0.15) is 27.3 Å². The van der Waals surface area contributed by atoms with Crippen molar-refractivity contribution < 1.29 is 22.9 Å². The number of anilines is 1. The van der Waals surface area contributed by atoms with E-state index in [1.165, 1.54) is 40.0 Å². The first-order chi connectivity index (χ1) is 15.8. The fourth-order valence-corrected chi connectivity index (χ4v) is 4.84. The molecule has 3 aromatic rings. The minimum Gasteiger partial charge on any atom is -0.326 e. The number of halogens is 3. The van der Waals surface area contributed by atoms with Crippen molar-refractivity contribution in [2.75, 3.05) is 11.9 Å². The summed E-state index contributed by atoms with van der Waals surface area (Å²) >= 11 is 1.34. The maximum atomic E-state index is 13.2. The number of amides is 1. The fraction of sp³-hybridized carbons (Fsp3) is 0.208. The molecule has 2 N–H and O–H groups in total. The zero-order valence-corrected chi connectivity index (χ0v) is 18.3. The summed E-state index contributed by atoms with van der Waals surface area (Å²) in [4.78, 5) is 19.5. The third kappa shape index (κ3) is 5.48. The first-order valence-corrected chi connectivity index (χ1v) is 11.1. The molecule has 0 radical (unpaired) electrons. The van der Waals surface area contributed by atoms with Crippen molar-refractivity contribution in [2.24, 2.45) is 0 Å². The van der Waals surface area contributed by atoms with Crippen LogP contribution in [0.15, 0.2) is 60.2 Å². The second-order valence-electron chi connectivity index (χ2n) is 7.69. The molecule has 0 fully saturated rings. The molecule has 0 spiro atoms. The van der Waals surface area contributed by atoms with Gasteiger partial charge in [0.15, 0.2) is 5.13 Å². The third-order valence-corrected chi connectivity index (χ3v) is 6.37. The number of aromatic nitrogens is 1. The van der Waals surface area contributed by atoms with E-state index < -0.39 is 23.2 Å². The maximum absolute atomic E-state index is 13.2. The molecule has 1 aromatic heterocycles. The molecular weight excluding hydrogens is 449 g/mol. The summed E-state index contributed by atoms with van der Waals surface area (Å²) in [5.74, 6) is -0.783. The van der Waals surface area contributed by atoms with Crippen LogP contribution in [0.4, 0.5) is 18.3 Å². The number of hydrogen-bond acceptors (Lipinski definition) is 4. The second-order valence-corrected chi connectivity index (χ2v) is 8.77. The van der Waals surface area contributed by atoms with Crippen LogP contribution < -0.4 is 10.2 Å². The number of quaternary nitrogens is 1. The third-order valence-electron chi connectivity index (χ3n) is 5.35. The zero-order chi connectivity index (χ0) is 23.4. The largest absolute Gasteiger partial charge is 0.416 e. The number of carbonyl (C=O) groups is 1. The number of rotatable bonds is 5. The molecule has 0 aliphatic carbocycles. The molecule has 168 valence electrons. The summed E-state index contributed by atoms with van der Waals surface area (Å²) in [6.07, 6.45) is -2.87. The van der Waals surface area contributed by atoms with Gasteiger partial charge in [0.1, 0.15) is 24.7 Å². The van der Waals surface area contributed by atoms with Crippen molar-refractivity contribution in [1.82, 2.24) is 4.98 Å². The van der Waals surface area contributed by atoms with Crippen molar-refractivity contribution in [3.05, 3.63) is 87.4 Å². The average molecular weight is 470 g/mol. The summed E-state index contributed by atoms with van der Waals surface area (Å²) in [5, 5.41) is 12.3. The van der Waals surface area contributed by atoms with Gasteiger partial charge in [-0.3, -0.25) is 10.1 Å². The van der Waals surface area contributed by atoms with E-state index in [-0.39, 0.29) is 5.56 Å². The summed E-state index contributed by atoms with van der Waals surface area (Å²) in [6.45, 7) is 2.58. The maximum Gasteiger partial charge on any atom is 0.416 e. The fourth-order valence-electron chi connectivity index (χ4n) is 3.77. The number of nitriles is 1. The van der Waals surface area contributed by atoms with E-state index in [0.29, 0.717) is 5.13 Å². The number of hydrogen-bond donors (Lipinski definition) is 2. The summed E-state index contributed by atoms with van der Waals surface area (Å²) in [6, 6.07) is 16.7. The van der Waals surface area contributed by atoms with Gasteiger partial charge in [-0.1, -0.05) is 59.9 Å². The molecule has 2 aromatic carbocycles. The number of carbonyl (C=O) groups excluding carboxylic acids is 1. The molecule has 1 aliphatic heterocycles. The summed E-state index contributed by atoms with van der Waals surface area (Å²) in [5.41, 5.74) is 0.595. The minimum absolute atomic E-state index is 0.240. The van der Waals surface area contributed by atoms with Crippen LogP contribution in [-0.4, -0.2) is 17.4 Å². The summed E-state index contributed by atoms with van der Waals surface area (Å²) in [7, 11) is 0. The molecule has 2 heterocycles. The van der Waals surface area contributed by atoms with Gasteiger partial charge in [0.2, 0.25) is 0 Å². The molecule has 5 nitrogen and oxygen atoms in total. The van der Waals surface area contributed by atoms with Crippen LogP contribution in [-0.2, 0) is 30.5 Å². The smallest absolute Gasteiger partial charge is 0.326 e. The Labute approximate surface area is 192 Å². The second kappa shape index (κ2) is 9.57. The van der Waals surface area contributed by atoms with Crippen LogP contribution in [0.3, 0.4) is 0 Å². The molecule has 4 rings (SSSR count). The lowest BCUT2D eigenvalue weighted by molar-refractivity contribution is -0.929. The summed E-state index contributed by atoms with van der Waals surface area (Å²) < 4.78 is 39.7. The highest BCUT2D eigenvalue weighted by atomic mass is 32.1. The van der Waals surface area contributed by atoms with Crippen LogP contribution >= 0.6 is 11.3 Å². The highest BCUT2D eigenvalue weighted by molar-refractivity contribution is 7.15. The molecule has 0 saturated heterocycles. The number of benzene rings is 2. The van der Waals surface area contributed by atoms with Gasteiger partial charge < -0.3 is 4.90 Å². The highest BCUT2D eigenvalue weighted by Crippen LogP contribution is 2.33. The van der Waals surface area contributed by atoms with E-state index in [4.69, 9.17) is 0 Å². The lowest BCUT2D eigenvalue weighted by Crippen LogP contribution is -3.10. The Hall–Kier alpha value is -3.48. The molecule has 9 heteroatoms. The quantitative estimate of drug-likeness (QED) is 0.441. The van der Waals surface area contributed by atoms with Crippen molar-refractivity contribution in [2.45, 2.75) is 25.7 Å². The normalized spacial score (nSPS) is 16.1. The molecule has 0 bridgehead atoms. The Morgan fingerprint density at radius 1 is 1.18 bits per heavy atom. The average Bonchev–Trinajstić information content (AvgIpc) is 3.19. The Morgan fingerprint density at radius 3 is 2.64 bits per heavy atom. The van der Waals surface area contributed by atoms with Crippen molar-refractivity contribution >= 4 is 28.5 Å². The lowest BCUT2D eigenvalue weighted by Gasteiger charge is -2.22. The number of thiazole rings is 1. The van der Waals surface area contributed by atoms with Gasteiger partial charge in [0, 0.05) is 12.0 Å². The predicted octanol–water partition coefficient (Wildman–Crippen LogP) is 3.85. The van der Waals surface area contributed by atoms with Gasteiger partial charge in [0.25, 0.3) is 5.91 Å². The molecule has 1 atom stereocenters. The van der Waals surface area contributed by atoms with E-state index >= 15 is 0 Å². The Kier molecular flexibility index (Phi) is 6.58. The van der Waals surface area contributed by atoms with Crippen LogP contribution in [0, 0.1) is 11.3 Å². The minimum atomic E-state index is -4.59. The Morgan fingerprint density at radius 2 is 1.91 bits per heavy atom. The topological polar surface area (TPSA) is 70.2 Å². The molecule has 33 heavy (non-hydrogen) atoms. The monoisotopic (exact) mass is 469 g/mol. The molecule has 1 amide bonds. The van der Waals surface area contributed by atoms with Gasteiger partial charge in [-0.25, -0.2) is 4.98 Å². The van der Waals surface area contributed by atoms with Gasteiger partial charge in [-0.15, -0.1) is 0 Å². The standard InChI is InChI=1S/C24H19F3N4OS/c25-24(26,27)19-9-5-4-8-17(19)12-18(13-28)22(32)30-23-29-20-10-11-31(15-21(20)33-23)14-16-6-2-1-3-7-16/h1-9,12H,10-11,14-15H2,(H,29,30,32)/p+1. The number of nitrogens with one attached hydrogen (secondary N) is 2. The van der Waals surface area contributed by atoms with Crippen LogP contribution in [0.2, 0.25) is 0 Å². The highest BCUT2D eigenvalue weighted by Gasteiger charge is 2.33. The Balaban J connectivity index is 1.47. The predicted molar refractivity (Wildman–Crippen MR) is 119 cm³/mol. The lowest BCUT2D eigenvalue weighted by atomic mass is 10.0. The van der Waals surface area contributed by atoms with E-state index in [1.807, 2.05) is 18.2 Å². The SMILES string of the molecule is N#CC(=Cc1ccccc1C(F)(F)F)C(=O)Nc1nc2c(s1)C[NH+](Cc1ccccc1)CC2. The first-order valence-electron chi connectivity index (χ1n) is 10.3. The molecule has 1 aliphatic rings. The molecule has 0 saturated carbocycles. The van der Waals surface area contributed by atoms with E-state index in [9.17, 15) is 23.2 Å². The van der Waals surface area contributed by atoms with Crippen LogP contribution in [0.5, 0.6) is 0 Å². The van der Waals surface area contributed by atoms with E-state index in [1.54, 1.807) is 6.07 Å². The number of nitrogens with zero attached hydrogens (tertiary/aromatic N) is 2. The molecule has 1 unspecified atom stereocenters. The van der Waals surface area contributed by atoms with Gasteiger partial charge in [-0.05, 0) is 17.7 Å². The zero-order valence-electron chi connectivity index (χ0n) is 17.4. The van der Waals surface area contributed by atoms with Gasteiger partial charge in [-0.2, -0.15) is 18.4 Å².